The molecule has 0 bridgehead atoms. The van der Waals surface area contributed by atoms with Crippen molar-refractivity contribution in [3.05, 3.63) is 36.0 Å². The van der Waals surface area contributed by atoms with Gasteiger partial charge in [-0.2, -0.15) is 13.2 Å². The van der Waals surface area contributed by atoms with Crippen LogP contribution in [-0.2, 0) is 6.18 Å². The molecule has 1 N–H and O–H groups in total. The van der Waals surface area contributed by atoms with E-state index in [1.54, 1.807) is 18.2 Å². The molecular formula is C19H26F3N3. The molecule has 25 heavy (non-hydrogen) atoms. The lowest BCUT2D eigenvalue weighted by molar-refractivity contribution is -0.140. The molecule has 2 aromatic rings. The Morgan fingerprint density at radius 1 is 1.12 bits per heavy atom. The van der Waals surface area contributed by atoms with Gasteiger partial charge in [0.05, 0.1) is 5.52 Å². The first-order chi connectivity index (χ1) is 11.8. The van der Waals surface area contributed by atoms with Gasteiger partial charge in [0.15, 0.2) is 0 Å². The molecule has 1 heterocycles. The van der Waals surface area contributed by atoms with Crippen LogP contribution in [0.4, 0.5) is 18.9 Å². The lowest BCUT2D eigenvalue weighted by Gasteiger charge is -2.33. The lowest BCUT2D eigenvalue weighted by atomic mass is 10.0. The number of fused-ring (bicyclic) bond motifs is 1. The predicted molar refractivity (Wildman–Crippen MR) is 96.8 cm³/mol. The monoisotopic (exact) mass is 353 g/mol. The molecule has 0 aliphatic rings. The van der Waals surface area contributed by atoms with Crippen molar-refractivity contribution in [3.8, 4) is 0 Å². The highest BCUT2D eigenvalue weighted by atomic mass is 19.4. The van der Waals surface area contributed by atoms with Gasteiger partial charge in [-0.25, -0.2) is 4.98 Å². The maximum absolute atomic E-state index is 13.2. The number of anilines is 1. The highest BCUT2D eigenvalue weighted by Gasteiger charge is 2.33. The van der Waals surface area contributed by atoms with Gasteiger partial charge in [0.1, 0.15) is 5.69 Å². The summed E-state index contributed by atoms with van der Waals surface area (Å²) in [5.74, 6) is 0.391. The van der Waals surface area contributed by atoms with E-state index in [2.05, 4.69) is 42.9 Å². The number of alkyl halides is 3. The summed E-state index contributed by atoms with van der Waals surface area (Å²) >= 11 is 0. The molecule has 3 nitrogen and oxygen atoms in total. The normalized spacial score (nSPS) is 13.6. The number of nitrogens with zero attached hydrogens (tertiary/aromatic N) is 2. The smallest absolute Gasteiger partial charge is 0.383 e. The van der Waals surface area contributed by atoms with Crippen LogP contribution in [0.5, 0.6) is 0 Å². The maximum Gasteiger partial charge on any atom is 0.433 e. The van der Waals surface area contributed by atoms with E-state index >= 15 is 0 Å². The fourth-order valence-corrected chi connectivity index (χ4v) is 3.16. The quantitative estimate of drug-likeness (QED) is 0.756. The number of halogens is 3. The van der Waals surface area contributed by atoms with Crippen LogP contribution < -0.4 is 5.32 Å². The Morgan fingerprint density at radius 2 is 1.76 bits per heavy atom. The third-order valence-corrected chi connectivity index (χ3v) is 4.56. The van der Waals surface area contributed by atoms with Crippen molar-refractivity contribution in [2.45, 2.75) is 39.9 Å². The van der Waals surface area contributed by atoms with Gasteiger partial charge in [0, 0.05) is 23.7 Å². The first kappa shape index (κ1) is 19.5. The minimum Gasteiger partial charge on any atom is -0.383 e. The van der Waals surface area contributed by atoms with Crippen molar-refractivity contribution < 1.29 is 13.2 Å². The standard InChI is InChI=1S/C19H26F3N3/c1-5-25(6-2)17(13(3)4)12-23-16-11-18(19(20,21)22)24-15-10-8-7-9-14(15)16/h7-11,13,17H,5-6,12H2,1-4H3,(H,23,24). The second kappa shape index (κ2) is 8.04. The first-order valence-electron chi connectivity index (χ1n) is 8.72. The molecule has 1 atom stereocenters. The summed E-state index contributed by atoms with van der Waals surface area (Å²) in [6.07, 6.45) is -4.46. The molecule has 0 amide bonds. The summed E-state index contributed by atoms with van der Waals surface area (Å²) in [5.41, 5.74) is -0.0304. The van der Waals surface area contributed by atoms with Crippen molar-refractivity contribution >= 4 is 16.6 Å². The minimum atomic E-state index is -4.46. The second-order valence-electron chi connectivity index (χ2n) is 6.48. The summed E-state index contributed by atoms with van der Waals surface area (Å²) in [4.78, 5) is 6.09. The Bertz CT molecular complexity index is 694. The molecule has 0 saturated carbocycles. The predicted octanol–water partition coefficient (Wildman–Crippen LogP) is 5.03. The molecule has 0 fully saturated rings. The van der Waals surface area contributed by atoms with Crippen LogP contribution in [0.3, 0.4) is 0 Å². The number of hydrogen-bond donors (Lipinski definition) is 1. The van der Waals surface area contributed by atoms with E-state index in [9.17, 15) is 13.2 Å². The highest BCUT2D eigenvalue weighted by Crippen LogP contribution is 2.33. The Labute approximate surface area is 147 Å². The van der Waals surface area contributed by atoms with Gasteiger partial charge in [-0.3, -0.25) is 4.90 Å². The zero-order chi connectivity index (χ0) is 18.6. The highest BCUT2D eigenvalue weighted by molar-refractivity contribution is 5.91. The average Bonchev–Trinajstić information content (AvgIpc) is 2.57. The number of likely N-dealkylation sites (N-methyl/N-ethyl adjacent to an activating group) is 1. The summed E-state index contributed by atoms with van der Waals surface area (Å²) in [6.45, 7) is 10.9. The van der Waals surface area contributed by atoms with Crippen LogP contribution in [0.2, 0.25) is 0 Å². The van der Waals surface area contributed by atoms with E-state index in [4.69, 9.17) is 0 Å². The second-order valence-corrected chi connectivity index (χ2v) is 6.48. The SMILES string of the molecule is CCN(CC)C(CNc1cc(C(F)(F)F)nc2ccccc12)C(C)C. The van der Waals surface area contributed by atoms with Gasteiger partial charge in [-0.1, -0.05) is 45.9 Å². The molecule has 1 aromatic carbocycles. The van der Waals surface area contributed by atoms with E-state index in [1.807, 2.05) is 6.07 Å². The summed E-state index contributed by atoms with van der Waals surface area (Å²) < 4.78 is 39.5. The zero-order valence-electron chi connectivity index (χ0n) is 15.2. The van der Waals surface area contributed by atoms with Gasteiger partial charge < -0.3 is 5.32 Å². The van der Waals surface area contributed by atoms with Crippen molar-refractivity contribution in [1.29, 1.82) is 0 Å². The topological polar surface area (TPSA) is 28.2 Å². The van der Waals surface area contributed by atoms with Crippen LogP contribution in [0.25, 0.3) is 10.9 Å². The Morgan fingerprint density at radius 3 is 2.32 bits per heavy atom. The van der Waals surface area contributed by atoms with E-state index in [0.717, 1.165) is 19.2 Å². The number of benzene rings is 1. The lowest BCUT2D eigenvalue weighted by Crippen LogP contribution is -2.43. The van der Waals surface area contributed by atoms with Gasteiger partial charge in [0.2, 0.25) is 0 Å². The average molecular weight is 353 g/mol. The largest absolute Gasteiger partial charge is 0.433 e. The molecule has 0 aliphatic carbocycles. The molecule has 1 aromatic heterocycles. The van der Waals surface area contributed by atoms with Gasteiger partial charge in [-0.15, -0.1) is 0 Å². The summed E-state index contributed by atoms with van der Waals surface area (Å²) in [6, 6.07) is 8.28. The van der Waals surface area contributed by atoms with E-state index < -0.39 is 11.9 Å². The molecule has 0 saturated heterocycles. The zero-order valence-corrected chi connectivity index (χ0v) is 15.2. The maximum atomic E-state index is 13.2. The number of hydrogen-bond acceptors (Lipinski definition) is 3. The fourth-order valence-electron chi connectivity index (χ4n) is 3.16. The minimum absolute atomic E-state index is 0.247. The Kier molecular flexibility index (Phi) is 6.27. The Balaban J connectivity index is 2.36. The molecule has 138 valence electrons. The van der Waals surface area contributed by atoms with Gasteiger partial charge >= 0.3 is 6.18 Å². The van der Waals surface area contributed by atoms with E-state index in [0.29, 0.717) is 29.1 Å². The molecule has 0 spiro atoms. The molecular weight excluding hydrogens is 327 g/mol. The van der Waals surface area contributed by atoms with Crippen molar-refractivity contribution in [2.24, 2.45) is 5.92 Å². The third kappa shape index (κ3) is 4.63. The Hall–Kier alpha value is -1.82. The number of pyridine rings is 1. The molecule has 6 heteroatoms. The van der Waals surface area contributed by atoms with Crippen molar-refractivity contribution in [3.63, 3.8) is 0 Å². The fraction of sp³-hybridized carbons (Fsp3) is 0.526. The van der Waals surface area contributed by atoms with Gasteiger partial charge in [-0.05, 0) is 31.1 Å². The molecule has 2 rings (SSSR count). The van der Waals surface area contributed by atoms with Crippen LogP contribution in [0, 0.1) is 5.92 Å². The van der Waals surface area contributed by atoms with Gasteiger partial charge in [0.25, 0.3) is 0 Å². The molecule has 0 radical (unpaired) electrons. The summed E-state index contributed by atoms with van der Waals surface area (Å²) in [7, 11) is 0. The first-order valence-corrected chi connectivity index (χ1v) is 8.72. The van der Waals surface area contributed by atoms with Crippen LogP contribution in [-0.4, -0.2) is 35.6 Å². The van der Waals surface area contributed by atoms with Crippen molar-refractivity contribution in [2.75, 3.05) is 25.0 Å². The number of rotatable bonds is 7. The van der Waals surface area contributed by atoms with Crippen LogP contribution in [0.15, 0.2) is 30.3 Å². The van der Waals surface area contributed by atoms with Crippen molar-refractivity contribution in [1.82, 2.24) is 9.88 Å². The van der Waals surface area contributed by atoms with Crippen LogP contribution >= 0.6 is 0 Å². The molecule has 0 aliphatic heterocycles. The number of para-hydroxylation sites is 1. The van der Waals surface area contributed by atoms with Crippen LogP contribution in [0.1, 0.15) is 33.4 Å². The van der Waals surface area contributed by atoms with E-state index in [1.165, 1.54) is 0 Å². The third-order valence-electron chi connectivity index (χ3n) is 4.56. The molecule has 1 unspecified atom stereocenters. The number of aromatic nitrogens is 1. The summed E-state index contributed by atoms with van der Waals surface area (Å²) in [5, 5.41) is 3.96. The van der Waals surface area contributed by atoms with E-state index in [-0.39, 0.29) is 6.04 Å². The number of nitrogens with one attached hydrogen (secondary N) is 1.